The van der Waals surface area contributed by atoms with Gasteiger partial charge in [0.2, 0.25) is 0 Å². The summed E-state index contributed by atoms with van der Waals surface area (Å²) in [6.07, 6.45) is 6.92. The minimum absolute atomic E-state index is 0.0738. The first-order chi connectivity index (χ1) is 24.6. The van der Waals surface area contributed by atoms with Crippen LogP contribution in [0, 0.1) is 5.41 Å². The van der Waals surface area contributed by atoms with E-state index >= 15 is 0 Å². The van der Waals surface area contributed by atoms with Gasteiger partial charge < -0.3 is 8.98 Å². The number of aromatic nitrogens is 1. The number of nitrogens with zero attached hydrogens (tertiary/aromatic N) is 3. The summed E-state index contributed by atoms with van der Waals surface area (Å²) in [5, 5.41) is 13.6. The van der Waals surface area contributed by atoms with Crippen molar-refractivity contribution in [3.63, 3.8) is 0 Å². The summed E-state index contributed by atoms with van der Waals surface area (Å²) >= 11 is 0. The van der Waals surface area contributed by atoms with E-state index in [1.165, 1.54) is 0 Å². The second-order valence-corrected chi connectivity index (χ2v) is 11.9. The van der Waals surface area contributed by atoms with Crippen LogP contribution in [0.3, 0.4) is 0 Å². The van der Waals surface area contributed by atoms with E-state index in [1.807, 2.05) is 78.9 Å². The van der Waals surface area contributed by atoms with E-state index < -0.39 is 0 Å². The number of para-hydroxylation sites is 3. The molecular weight excluding hydrogens is 613 g/mol. The van der Waals surface area contributed by atoms with Crippen molar-refractivity contribution in [3.05, 3.63) is 188 Å². The van der Waals surface area contributed by atoms with Crippen LogP contribution >= 0.6 is 0 Å². The molecule has 0 amide bonds. The van der Waals surface area contributed by atoms with Crippen LogP contribution in [0.15, 0.2) is 191 Å². The average molecular weight is 645 g/mol. The van der Waals surface area contributed by atoms with Gasteiger partial charge in [0.05, 0.1) is 16.7 Å². The van der Waals surface area contributed by atoms with Crippen molar-refractivity contribution in [3.8, 4) is 16.8 Å². The number of amidine groups is 2. The lowest BCUT2D eigenvalue weighted by molar-refractivity contribution is 0.669. The Bertz CT molecular complexity index is 2690. The van der Waals surface area contributed by atoms with Crippen molar-refractivity contribution >= 4 is 61.6 Å². The summed E-state index contributed by atoms with van der Waals surface area (Å²) in [7, 11) is 0. The van der Waals surface area contributed by atoms with Gasteiger partial charge in [0.25, 0.3) is 0 Å². The molecule has 8 aromatic rings. The first-order valence-electron chi connectivity index (χ1n) is 16.4. The van der Waals surface area contributed by atoms with Gasteiger partial charge in [-0.25, -0.2) is 9.98 Å². The molecule has 0 aliphatic rings. The number of benzene rings is 6. The maximum Gasteiger partial charge on any atom is 0.161 e. The molecule has 0 spiro atoms. The van der Waals surface area contributed by atoms with E-state index in [0.717, 1.165) is 66.1 Å². The predicted molar refractivity (Wildman–Crippen MR) is 210 cm³/mol. The molecule has 0 atom stereocenters. The maximum atomic E-state index is 9.36. The van der Waals surface area contributed by atoms with Crippen LogP contribution in [-0.4, -0.2) is 22.5 Å². The highest BCUT2D eigenvalue weighted by Gasteiger charge is 2.19. The molecular formula is C45H32N4O. The van der Waals surface area contributed by atoms with Crippen LogP contribution in [0.5, 0.6) is 0 Å². The van der Waals surface area contributed by atoms with E-state index in [4.69, 9.17) is 14.4 Å². The van der Waals surface area contributed by atoms with E-state index in [-0.39, 0.29) is 5.84 Å². The summed E-state index contributed by atoms with van der Waals surface area (Å²) in [5.74, 6) is 0.436. The van der Waals surface area contributed by atoms with Crippen LogP contribution in [0.1, 0.15) is 11.1 Å². The Kier molecular flexibility index (Phi) is 7.91. The number of furan rings is 1. The number of aliphatic imine (C=N–C) groups is 2. The van der Waals surface area contributed by atoms with Crippen LogP contribution in [0.2, 0.25) is 0 Å². The van der Waals surface area contributed by atoms with Gasteiger partial charge in [0, 0.05) is 38.9 Å². The number of allylic oxidation sites excluding steroid dienone is 2. The van der Waals surface area contributed by atoms with Gasteiger partial charge in [-0.3, -0.25) is 5.41 Å². The highest BCUT2D eigenvalue weighted by atomic mass is 16.3. The number of hydrogen-bond acceptors (Lipinski definition) is 2. The standard InChI is InChI=1S/C45H32N4O/c1-3-14-31(4-2)45(47-29-30-23-25-33(26-24-30)32-15-6-5-7-16-32)48-44(46)36-19-9-12-21-40(36)49-39-20-11-8-17-34(39)37-28-43-38(27-41(37)49)35-18-10-13-22-42(35)50-43/h3-29,46H,1-2H2/b31-14+,46-44?,47-29+,48-45-. The zero-order valence-corrected chi connectivity index (χ0v) is 27.3. The van der Waals surface area contributed by atoms with Crippen molar-refractivity contribution < 1.29 is 4.42 Å². The Balaban J connectivity index is 1.24. The first kappa shape index (κ1) is 30.5. The van der Waals surface area contributed by atoms with Gasteiger partial charge in [-0.2, -0.15) is 0 Å². The summed E-state index contributed by atoms with van der Waals surface area (Å²) in [6.45, 7) is 7.87. The quantitative estimate of drug-likeness (QED) is 0.105. The van der Waals surface area contributed by atoms with E-state index in [1.54, 1.807) is 24.4 Å². The monoisotopic (exact) mass is 644 g/mol. The SMILES string of the molecule is C=C/C=C(C=C)/C(=N/C(=N)c1ccccc1-n1c2ccccc2c2cc3oc4ccccc4c3cc21)/N=C/c1ccc(-c2ccccc2)cc1. The molecule has 0 unspecified atom stereocenters. The Morgan fingerprint density at radius 3 is 2.14 bits per heavy atom. The predicted octanol–water partition coefficient (Wildman–Crippen LogP) is 11.5. The van der Waals surface area contributed by atoms with Gasteiger partial charge in [-0.05, 0) is 53.1 Å². The zero-order valence-electron chi connectivity index (χ0n) is 27.3. The second-order valence-electron chi connectivity index (χ2n) is 11.9. The van der Waals surface area contributed by atoms with Crippen molar-refractivity contribution in [1.82, 2.24) is 4.57 Å². The topological polar surface area (TPSA) is 66.6 Å². The van der Waals surface area contributed by atoms with Crippen LogP contribution in [0.25, 0.3) is 60.6 Å². The molecule has 0 saturated carbocycles. The van der Waals surface area contributed by atoms with Crippen molar-refractivity contribution in [2.24, 2.45) is 9.98 Å². The van der Waals surface area contributed by atoms with Gasteiger partial charge in [0.15, 0.2) is 11.7 Å². The van der Waals surface area contributed by atoms with Gasteiger partial charge in [-0.1, -0.05) is 135 Å². The Morgan fingerprint density at radius 2 is 1.34 bits per heavy atom. The lowest BCUT2D eigenvalue weighted by atomic mass is 10.0. The highest BCUT2D eigenvalue weighted by molar-refractivity contribution is 6.19. The van der Waals surface area contributed by atoms with E-state index in [9.17, 15) is 5.41 Å². The van der Waals surface area contributed by atoms with Crippen LogP contribution in [-0.2, 0) is 0 Å². The molecule has 0 aliphatic heterocycles. The Labute approximate surface area is 289 Å². The number of hydrogen-bond donors (Lipinski definition) is 1. The molecule has 2 aromatic heterocycles. The minimum Gasteiger partial charge on any atom is -0.456 e. The summed E-state index contributed by atoms with van der Waals surface area (Å²) in [6, 6.07) is 47.1. The fourth-order valence-electron chi connectivity index (χ4n) is 6.54. The molecule has 8 rings (SSSR count). The summed E-state index contributed by atoms with van der Waals surface area (Å²) in [5.41, 5.74) is 9.09. The molecule has 5 nitrogen and oxygen atoms in total. The summed E-state index contributed by atoms with van der Waals surface area (Å²) < 4.78 is 8.49. The zero-order chi connectivity index (χ0) is 34.0. The molecule has 0 saturated heterocycles. The maximum absolute atomic E-state index is 9.36. The first-order valence-corrected chi connectivity index (χ1v) is 16.4. The van der Waals surface area contributed by atoms with Crippen molar-refractivity contribution in [2.45, 2.75) is 0 Å². The molecule has 1 N–H and O–H groups in total. The molecule has 5 heteroatoms. The molecule has 0 bridgehead atoms. The lowest BCUT2D eigenvalue weighted by Crippen LogP contribution is -2.08. The van der Waals surface area contributed by atoms with Gasteiger partial charge in [0.1, 0.15) is 11.2 Å². The molecule has 0 fully saturated rings. The van der Waals surface area contributed by atoms with Crippen LogP contribution in [0.4, 0.5) is 0 Å². The normalized spacial score (nSPS) is 12.4. The van der Waals surface area contributed by atoms with E-state index in [2.05, 4.69) is 78.4 Å². The van der Waals surface area contributed by atoms with Crippen molar-refractivity contribution in [2.75, 3.05) is 0 Å². The lowest BCUT2D eigenvalue weighted by Gasteiger charge is -2.13. The van der Waals surface area contributed by atoms with Crippen molar-refractivity contribution in [1.29, 1.82) is 5.41 Å². The molecule has 238 valence electrons. The fraction of sp³-hybridized carbons (Fsp3) is 0. The third-order valence-corrected chi connectivity index (χ3v) is 8.92. The molecule has 50 heavy (non-hydrogen) atoms. The Morgan fingerprint density at radius 1 is 0.640 bits per heavy atom. The fourth-order valence-corrected chi connectivity index (χ4v) is 6.54. The average Bonchev–Trinajstić information content (AvgIpc) is 3.70. The second kappa shape index (κ2) is 13.0. The van der Waals surface area contributed by atoms with E-state index in [0.29, 0.717) is 17.0 Å². The molecule has 2 heterocycles. The number of rotatable bonds is 7. The minimum atomic E-state index is 0.0738. The molecule has 0 radical (unpaired) electrons. The molecule has 6 aromatic carbocycles. The number of nitrogens with one attached hydrogen (secondary N) is 1. The summed E-state index contributed by atoms with van der Waals surface area (Å²) in [4.78, 5) is 9.60. The third kappa shape index (κ3) is 5.47. The molecule has 0 aliphatic carbocycles. The third-order valence-electron chi connectivity index (χ3n) is 8.92. The van der Waals surface area contributed by atoms with Gasteiger partial charge in [-0.15, -0.1) is 0 Å². The van der Waals surface area contributed by atoms with Crippen LogP contribution < -0.4 is 0 Å². The smallest absolute Gasteiger partial charge is 0.161 e. The Hall–Kier alpha value is -6.85. The van der Waals surface area contributed by atoms with Gasteiger partial charge >= 0.3 is 0 Å². The largest absolute Gasteiger partial charge is 0.456 e. The highest BCUT2D eigenvalue weighted by Crippen LogP contribution is 2.38. The number of fused-ring (bicyclic) bond motifs is 6.